The molecule has 6 nitrogen and oxygen atoms in total. The van der Waals surface area contributed by atoms with Crippen molar-refractivity contribution in [3.63, 3.8) is 0 Å². The molecule has 0 aliphatic heterocycles. The molecule has 1 heterocycles. The zero-order chi connectivity index (χ0) is 17.5. The molecule has 0 aliphatic carbocycles. The summed E-state index contributed by atoms with van der Waals surface area (Å²) in [6, 6.07) is 5.31. The Kier molecular flexibility index (Phi) is 6.37. The molecule has 24 heavy (non-hydrogen) atoms. The molecular weight excluding hydrogens is 328 g/mol. The molecular formula is C17H21ClN4O2. The highest BCUT2D eigenvalue weighted by Crippen LogP contribution is 2.28. The van der Waals surface area contributed by atoms with Crippen LogP contribution in [-0.4, -0.2) is 29.5 Å². The summed E-state index contributed by atoms with van der Waals surface area (Å²) in [5.41, 5.74) is 1.04. The van der Waals surface area contributed by atoms with Crippen LogP contribution >= 0.6 is 11.6 Å². The quantitative estimate of drug-likeness (QED) is 0.798. The molecule has 2 N–H and O–H groups in total. The molecule has 0 radical (unpaired) electrons. The minimum Gasteiger partial charge on any atom is -0.495 e. The van der Waals surface area contributed by atoms with Gasteiger partial charge in [-0.2, -0.15) is 0 Å². The van der Waals surface area contributed by atoms with Crippen LogP contribution in [0.4, 0.5) is 11.5 Å². The van der Waals surface area contributed by atoms with Gasteiger partial charge in [0.15, 0.2) is 0 Å². The van der Waals surface area contributed by atoms with Gasteiger partial charge >= 0.3 is 0 Å². The summed E-state index contributed by atoms with van der Waals surface area (Å²) in [6.07, 6.45) is 3.88. The van der Waals surface area contributed by atoms with Gasteiger partial charge in [-0.15, -0.1) is 0 Å². The lowest BCUT2D eigenvalue weighted by atomic mass is 10.1. The van der Waals surface area contributed by atoms with Gasteiger partial charge in [0.25, 0.3) is 5.91 Å². The first kappa shape index (κ1) is 18.0. The zero-order valence-corrected chi connectivity index (χ0v) is 14.7. The first-order valence-electron chi connectivity index (χ1n) is 7.70. The molecule has 0 saturated carbocycles. The van der Waals surface area contributed by atoms with Crippen molar-refractivity contribution in [2.45, 2.75) is 20.3 Å². The Morgan fingerprint density at radius 1 is 1.29 bits per heavy atom. The maximum absolute atomic E-state index is 11.9. The van der Waals surface area contributed by atoms with E-state index in [1.165, 1.54) is 12.4 Å². The molecule has 2 rings (SSSR count). The van der Waals surface area contributed by atoms with Crippen LogP contribution in [0.1, 0.15) is 30.8 Å². The molecule has 0 bridgehead atoms. The van der Waals surface area contributed by atoms with Crippen LogP contribution in [0.5, 0.6) is 5.75 Å². The van der Waals surface area contributed by atoms with Crippen molar-refractivity contribution in [3.8, 4) is 5.75 Å². The van der Waals surface area contributed by atoms with Crippen LogP contribution < -0.4 is 15.4 Å². The number of nitrogens with zero attached hydrogens (tertiary/aromatic N) is 2. The van der Waals surface area contributed by atoms with Crippen LogP contribution in [0.3, 0.4) is 0 Å². The number of hydrogen-bond acceptors (Lipinski definition) is 5. The van der Waals surface area contributed by atoms with E-state index < -0.39 is 0 Å². The summed E-state index contributed by atoms with van der Waals surface area (Å²) < 4.78 is 5.11. The summed E-state index contributed by atoms with van der Waals surface area (Å²) >= 11 is 6.08. The van der Waals surface area contributed by atoms with Crippen LogP contribution in [0.2, 0.25) is 5.02 Å². The Bertz CT molecular complexity index is 689. The number of nitrogens with one attached hydrogen (secondary N) is 2. The molecule has 7 heteroatoms. The SMILES string of the molecule is COc1ccc(Nc2cnc(C(=O)NCCC(C)C)cn2)cc1Cl. The molecule has 0 unspecified atom stereocenters. The number of aromatic nitrogens is 2. The van der Waals surface area contributed by atoms with Crippen molar-refractivity contribution >= 4 is 29.0 Å². The van der Waals surface area contributed by atoms with Gasteiger partial charge in [-0.1, -0.05) is 25.4 Å². The third-order valence-corrected chi connectivity index (χ3v) is 3.61. The number of amides is 1. The summed E-state index contributed by atoms with van der Waals surface area (Å²) in [6.45, 7) is 4.85. The van der Waals surface area contributed by atoms with Gasteiger partial charge in [0.2, 0.25) is 0 Å². The fourth-order valence-electron chi connectivity index (χ4n) is 1.97. The second kappa shape index (κ2) is 8.49. The van der Waals surface area contributed by atoms with Crippen molar-refractivity contribution in [2.75, 3.05) is 19.0 Å². The number of carbonyl (C=O) groups excluding carboxylic acids is 1. The lowest BCUT2D eigenvalue weighted by Crippen LogP contribution is -2.26. The highest BCUT2D eigenvalue weighted by Gasteiger charge is 2.08. The summed E-state index contributed by atoms with van der Waals surface area (Å²) in [4.78, 5) is 20.3. The fourth-order valence-corrected chi connectivity index (χ4v) is 2.22. The summed E-state index contributed by atoms with van der Waals surface area (Å²) in [5.74, 6) is 1.44. The third kappa shape index (κ3) is 5.09. The predicted molar refractivity (Wildman–Crippen MR) is 95.1 cm³/mol. The van der Waals surface area contributed by atoms with Crippen LogP contribution in [-0.2, 0) is 0 Å². The van der Waals surface area contributed by atoms with E-state index in [1.54, 1.807) is 19.2 Å². The second-order valence-electron chi connectivity index (χ2n) is 5.70. The van der Waals surface area contributed by atoms with Crippen LogP contribution in [0.15, 0.2) is 30.6 Å². The Morgan fingerprint density at radius 3 is 2.67 bits per heavy atom. The van der Waals surface area contributed by atoms with Crippen LogP contribution in [0.25, 0.3) is 0 Å². The molecule has 1 aromatic heterocycles. The van der Waals surface area contributed by atoms with Gasteiger partial charge in [0, 0.05) is 12.2 Å². The molecule has 0 aliphatic rings. The molecule has 0 spiro atoms. The highest BCUT2D eigenvalue weighted by atomic mass is 35.5. The van der Waals surface area contributed by atoms with Gasteiger partial charge in [0.1, 0.15) is 17.3 Å². The van der Waals surface area contributed by atoms with Crippen molar-refractivity contribution < 1.29 is 9.53 Å². The van der Waals surface area contributed by atoms with E-state index >= 15 is 0 Å². The van der Waals surface area contributed by atoms with Crippen molar-refractivity contribution in [1.29, 1.82) is 0 Å². The third-order valence-electron chi connectivity index (χ3n) is 3.32. The summed E-state index contributed by atoms with van der Waals surface area (Å²) in [5, 5.41) is 6.40. The Labute approximate surface area is 146 Å². The Morgan fingerprint density at radius 2 is 2.08 bits per heavy atom. The Balaban J connectivity index is 1.96. The number of carbonyl (C=O) groups is 1. The first-order chi connectivity index (χ1) is 11.5. The summed E-state index contributed by atoms with van der Waals surface area (Å²) in [7, 11) is 1.56. The average Bonchev–Trinajstić information content (AvgIpc) is 2.55. The smallest absolute Gasteiger partial charge is 0.271 e. The molecule has 0 atom stereocenters. The molecule has 1 amide bonds. The van der Waals surface area contributed by atoms with Gasteiger partial charge in [0.05, 0.1) is 24.5 Å². The van der Waals surface area contributed by atoms with E-state index in [4.69, 9.17) is 16.3 Å². The fraction of sp³-hybridized carbons (Fsp3) is 0.353. The molecule has 2 aromatic rings. The van der Waals surface area contributed by atoms with Crippen molar-refractivity contribution in [3.05, 3.63) is 41.3 Å². The van der Waals surface area contributed by atoms with Gasteiger partial charge in [-0.3, -0.25) is 4.79 Å². The van der Waals surface area contributed by atoms with Gasteiger partial charge < -0.3 is 15.4 Å². The second-order valence-corrected chi connectivity index (χ2v) is 6.11. The van der Waals surface area contributed by atoms with Crippen molar-refractivity contribution in [1.82, 2.24) is 15.3 Å². The van der Waals surface area contributed by atoms with E-state index in [-0.39, 0.29) is 11.6 Å². The van der Waals surface area contributed by atoms with E-state index in [0.717, 1.165) is 12.1 Å². The minimum atomic E-state index is -0.220. The van der Waals surface area contributed by atoms with Crippen molar-refractivity contribution in [2.24, 2.45) is 5.92 Å². The number of benzene rings is 1. The molecule has 128 valence electrons. The molecule has 1 aromatic carbocycles. The lowest BCUT2D eigenvalue weighted by Gasteiger charge is -2.09. The number of anilines is 2. The number of hydrogen-bond donors (Lipinski definition) is 2. The predicted octanol–water partition coefficient (Wildman–Crippen LogP) is 3.66. The standard InChI is InChI=1S/C17H21ClN4O2/c1-11(2)6-7-19-17(23)14-9-21-16(10-20-14)22-12-4-5-15(24-3)13(18)8-12/h4-5,8-11H,6-7H2,1-3H3,(H,19,23)(H,21,22). The van der Waals surface area contributed by atoms with Crippen LogP contribution in [0, 0.1) is 5.92 Å². The van der Waals surface area contributed by atoms with E-state index in [9.17, 15) is 4.79 Å². The Hall–Kier alpha value is -2.34. The minimum absolute atomic E-state index is 0.220. The zero-order valence-electron chi connectivity index (χ0n) is 14.0. The molecule has 0 saturated heterocycles. The number of halogens is 1. The van der Waals surface area contributed by atoms with E-state index in [2.05, 4.69) is 34.4 Å². The number of ether oxygens (including phenoxy) is 1. The largest absolute Gasteiger partial charge is 0.495 e. The lowest BCUT2D eigenvalue weighted by molar-refractivity contribution is 0.0946. The maximum atomic E-state index is 11.9. The monoisotopic (exact) mass is 348 g/mol. The topological polar surface area (TPSA) is 76.1 Å². The molecule has 0 fully saturated rings. The average molecular weight is 349 g/mol. The number of methoxy groups -OCH3 is 1. The maximum Gasteiger partial charge on any atom is 0.271 e. The first-order valence-corrected chi connectivity index (χ1v) is 8.08. The number of rotatable bonds is 7. The van der Waals surface area contributed by atoms with E-state index in [1.807, 2.05) is 6.07 Å². The highest BCUT2D eigenvalue weighted by molar-refractivity contribution is 6.32. The normalized spacial score (nSPS) is 10.5. The van der Waals surface area contributed by atoms with Gasteiger partial charge in [-0.25, -0.2) is 9.97 Å². The van der Waals surface area contributed by atoms with Gasteiger partial charge in [-0.05, 0) is 30.5 Å². The van der Waals surface area contributed by atoms with E-state index in [0.29, 0.717) is 29.1 Å².